The number of benzene rings is 3. The molecule has 7 heteroatoms. The molecule has 176 valence electrons. The van der Waals surface area contributed by atoms with E-state index < -0.39 is 16.1 Å². The molecule has 35 heavy (non-hydrogen) atoms. The average molecular weight is 484 g/mol. The molecule has 1 atom stereocenters. The molecular weight excluding hydrogens is 458 g/mol. The SMILES string of the molecule is COc1ccc2c(c1)cc(C(NS(=O)(=O)c1ccc(C)cc1)c1ccccc1)n2-c1ccccn1. The van der Waals surface area contributed by atoms with Gasteiger partial charge in [-0.15, -0.1) is 0 Å². The van der Waals surface area contributed by atoms with Gasteiger partial charge in [0.1, 0.15) is 11.6 Å². The molecule has 0 saturated heterocycles. The van der Waals surface area contributed by atoms with Crippen molar-refractivity contribution < 1.29 is 13.2 Å². The lowest BCUT2D eigenvalue weighted by molar-refractivity contribution is 0.415. The van der Waals surface area contributed by atoms with Crippen molar-refractivity contribution in [2.24, 2.45) is 0 Å². The van der Waals surface area contributed by atoms with Crippen LogP contribution in [0.15, 0.2) is 108 Å². The summed E-state index contributed by atoms with van der Waals surface area (Å²) in [7, 11) is -2.20. The van der Waals surface area contributed by atoms with E-state index in [0.29, 0.717) is 5.82 Å². The van der Waals surface area contributed by atoms with Crippen molar-refractivity contribution in [3.8, 4) is 11.6 Å². The van der Waals surface area contributed by atoms with E-state index in [1.165, 1.54) is 0 Å². The highest BCUT2D eigenvalue weighted by Gasteiger charge is 2.27. The van der Waals surface area contributed by atoms with E-state index >= 15 is 0 Å². The molecule has 0 spiro atoms. The fourth-order valence-corrected chi connectivity index (χ4v) is 5.38. The first-order valence-electron chi connectivity index (χ1n) is 11.2. The first-order chi connectivity index (χ1) is 17.0. The lowest BCUT2D eigenvalue weighted by Gasteiger charge is -2.22. The smallest absolute Gasteiger partial charge is 0.241 e. The minimum atomic E-state index is -3.83. The summed E-state index contributed by atoms with van der Waals surface area (Å²) in [6, 6.07) is 29.2. The number of aryl methyl sites for hydroxylation is 1. The topological polar surface area (TPSA) is 73.2 Å². The minimum Gasteiger partial charge on any atom is -0.497 e. The zero-order valence-electron chi connectivity index (χ0n) is 19.4. The number of nitrogens with one attached hydrogen (secondary N) is 1. The zero-order chi connectivity index (χ0) is 24.4. The Morgan fingerprint density at radius 3 is 2.31 bits per heavy atom. The number of fused-ring (bicyclic) bond motifs is 1. The molecule has 3 aromatic carbocycles. The molecule has 0 aliphatic heterocycles. The lowest BCUT2D eigenvalue weighted by Crippen LogP contribution is -2.31. The van der Waals surface area contributed by atoms with Gasteiger partial charge in [0.05, 0.1) is 23.6 Å². The predicted octanol–water partition coefficient (Wildman–Crippen LogP) is 5.41. The maximum atomic E-state index is 13.5. The maximum Gasteiger partial charge on any atom is 0.241 e. The van der Waals surface area contributed by atoms with Crippen LogP contribution in [0.1, 0.15) is 22.9 Å². The van der Waals surface area contributed by atoms with Crippen LogP contribution < -0.4 is 9.46 Å². The van der Waals surface area contributed by atoms with Crippen LogP contribution in [0.2, 0.25) is 0 Å². The van der Waals surface area contributed by atoms with Crippen molar-refractivity contribution in [3.63, 3.8) is 0 Å². The number of aromatic nitrogens is 2. The van der Waals surface area contributed by atoms with Gasteiger partial charge in [0.25, 0.3) is 0 Å². The summed E-state index contributed by atoms with van der Waals surface area (Å²) in [5, 5.41) is 0.917. The van der Waals surface area contributed by atoms with Crippen LogP contribution in [0.5, 0.6) is 5.75 Å². The standard InChI is InChI=1S/C28H25N3O3S/c1-20-11-14-24(15-12-20)35(32,33)30-28(21-8-4-3-5-9-21)26-19-22-18-23(34-2)13-16-25(22)31(26)27-10-6-7-17-29-27/h3-19,28,30H,1-2H3. The number of rotatable bonds is 7. The second kappa shape index (κ2) is 9.37. The Morgan fingerprint density at radius 2 is 1.63 bits per heavy atom. The van der Waals surface area contributed by atoms with Gasteiger partial charge in [-0.05, 0) is 61.0 Å². The third kappa shape index (κ3) is 4.56. The number of hydrogen-bond donors (Lipinski definition) is 1. The third-order valence-electron chi connectivity index (χ3n) is 5.95. The second-order valence-corrected chi connectivity index (χ2v) is 10.0. The van der Waals surface area contributed by atoms with Crippen LogP contribution >= 0.6 is 0 Å². The summed E-state index contributed by atoms with van der Waals surface area (Å²) in [5.74, 6) is 1.41. The van der Waals surface area contributed by atoms with Crippen LogP contribution in [-0.2, 0) is 10.0 Å². The van der Waals surface area contributed by atoms with Crippen LogP contribution in [0.4, 0.5) is 0 Å². The fourth-order valence-electron chi connectivity index (χ4n) is 4.18. The van der Waals surface area contributed by atoms with Gasteiger partial charge in [0.15, 0.2) is 0 Å². The van der Waals surface area contributed by atoms with E-state index in [2.05, 4.69) is 9.71 Å². The molecule has 5 aromatic rings. The number of methoxy groups -OCH3 is 1. The van der Waals surface area contributed by atoms with Crippen LogP contribution in [0.3, 0.4) is 0 Å². The van der Waals surface area contributed by atoms with Gasteiger partial charge in [0.2, 0.25) is 10.0 Å². The van der Waals surface area contributed by atoms with Crippen molar-refractivity contribution >= 4 is 20.9 Å². The molecule has 0 amide bonds. The molecule has 1 N–H and O–H groups in total. The third-order valence-corrected chi connectivity index (χ3v) is 7.39. The van der Waals surface area contributed by atoms with Gasteiger partial charge in [-0.3, -0.25) is 4.57 Å². The molecule has 1 unspecified atom stereocenters. The summed E-state index contributed by atoms with van der Waals surface area (Å²) in [4.78, 5) is 4.78. The van der Waals surface area contributed by atoms with Crippen molar-refractivity contribution in [3.05, 3.63) is 120 Å². The summed E-state index contributed by atoms with van der Waals surface area (Å²) < 4.78 is 37.4. The van der Waals surface area contributed by atoms with Gasteiger partial charge < -0.3 is 4.74 Å². The molecule has 6 nitrogen and oxygen atoms in total. The molecule has 2 heterocycles. The van der Waals surface area contributed by atoms with Gasteiger partial charge in [-0.1, -0.05) is 54.1 Å². The first-order valence-corrected chi connectivity index (χ1v) is 12.7. The van der Waals surface area contributed by atoms with Crippen molar-refractivity contribution in [1.82, 2.24) is 14.3 Å². The molecule has 0 saturated carbocycles. The summed E-state index contributed by atoms with van der Waals surface area (Å²) in [6.45, 7) is 1.93. The monoisotopic (exact) mass is 483 g/mol. The van der Waals surface area contributed by atoms with E-state index in [1.54, 1.807) is 37.6 Å². The van der Waals surface area contributed by atoms with Gasteiger partial charge in [-0.2, -0.15) is 4.72 Å². The van der Waals surface area contributed by atoms with E-state index in [0.717, 1.165) is 33.5 Å². The van der Waals surface area contributed by atoms with Crippen LogP contribution in [-0.4, -0.2) is 25.1 Å². The Labute approximate surface area is 204 Å². The van der Waals surface area contributed by atoms with Gasteiger partial charge in [-0.25, -0.2) is 13.4 Å². The second-order valence-electron chi connectivity index (χ2n) is 8.30. The lowest BCUT2D eigenvalue weighted by atomic mass is 10.0. The van der Waals surface area contributed by atoms with Crippen molar-refractivity contribution in [2.45, 2.75) is 17.9 Å². The summed E-state index contributed by atoms with van der Waals surface area (Å²) >= 11 is 0. The summed E-state index contributed by atoms with van der Waals surface area (Å²) in [5.41, 5.74) is 3.45. The highest BCUT2D eigenvalue weighted by atomic mass is 32.2. The number of nitrogens with zero attached hydrogens (tertiary/aromatic N) is 2. The average Bonchev–Trinajstić information content (AvgIpc) is 3.27. The normalized spacial score (nSPS) is 12.5. The maximum absolute atomic E-state index is 13.5. The molecule has 0 aliphatic carbocycles. The molecule has 0 fully saturated rings. The van der Waals surface area contributed by atoms with E-state index in [-0.39, 0.29) is 4.90 Å². The number of hydrogen-bond acceptors (Lipinski definition) is 4. The van der Waals surface area contributed by atoms with E-state index in [4.69, 9.17) is 4.74 Å². The fraction of sp³-hybridized carbons (Fsp3) is 0.107. The molecule has 0 bridgehead atoms. The molecule has 2 aromatic heterocycles. The Hall–Kier alpha value is -3.94. The Kier molecular flexibility index (Phi) is 6.11. The Balaban J connectivity index is 1.73. The number of pyridine rings is 1. The highest BCUT2D eigenvalue weighted by molar-refractivity contribution is 7.89. The summed E-state index contributed by atoms with van der Waals surface area (Å²) in [6.07, 6.45) is 1.72. The number of ether oxygens (including phenoxy) is 1. The van der Waals surface area contributed by atoms with Crippen molar-refractivity contribution in [2.75, 3.05) is 7.11 Å². The highest BCUT2D eigenvalue weighted by Crippen LogP contribution is 2.34. The molecule has 0 radical (unpaired) electrons. The van der Waals surface area contributed by atoms with Gasteiger partial charge in [0, 0.05) is 17.3 Å². The Bertz CT molecular complexity index is 1560. The Morgan fingerprint density at radius 1 is 0.886 bits per heavy atom. The minimum absolute atomic E-state index is 0.214. The van der Waals surface area contributed by atoms with Crippen LogP contribution in [0.25, 0.3) is 16.7 Å². The quantitative estimate of drug-likeness (QED) is 0.336. The van der Waals surface area contributed by atoms with Crippen molar-refractivity contribution in [1.29, 1.82) is 0 Å². The zero-order valence-corrected chi connectivity index (χ0v) is 20.2. The van der Waals surface area contributed by atoms with E-state index in [1.807, 2.05) is 84.3 Å². The van der Waals surface area contributed by atoms with Gasteiger partial charge >= 0.3 is 0 Å². The first kappa shape index (κ1) is 22.8. The van der Waals surface area contributed by atoms with Crippen LogP contribution in [0, 0.1) is 6.92 Å². The largest absolute Gasteiger partial charge is 0.497 e. The number of sulfonamides is 1. The predicted molar refractivity (Wildman–Crippen MR) is 137 cm³/mol. The molecule has 5 rings (SSSR count). The molecular formula is C28H25N3O3S. The molecule has 0 aliphatic rings. The van der Waals surface area contributed by atoms with E-state index in [9.17, 15) is 8.42 Å².